The van der Waals surface area contributed by atoms with Crippen molar-refractivity contribution in [2.75, 3.05) is 13.1 Å². The minimum atomic E-state index is -0.0941. The van der Waals surface area contributed by atoms with Crippen molar-refractivity contribution in [2.24, 2.45) is 0 Å². The summed E-state index contributed by atoms with van der Waals surface area (Å²) in [6.07, 6.45) is 6.53. The molecule has 0 unspecified atom stereocenters. The van der Waals surface area contributed by atoms with Crippen molar-refractivity contribution in [3.05, 3.63) is 60.3 Å². The molecular formula is C20H19N7O2. The van der Waals surface area contributed by atoms with Gasteiger partial charge in [-0.2, -0.15) is 9.61 Å². The highest BCUT2D eigenvalue weighted by atomic mass is 16.3. The molecule has 0 spiro atoms. The zero-order valence-corrected chi connectivity index (χ0v) is 15.9. The molecule has 0 aliphatic carbocycles. The molecule has 5 heterocycles. The monoisotopic (exact) mass is 389 g/mol. The van der Waals surface area contributed by atoms with Crippen molar-refractivity contribution in [1.29, 1.82) is 0 Å². The van der Waals surface area contributed by atoms with Gasteiger partial charge in [-0.25, -0.2) is 4.98 Å². The van der Waals surface area contributed by atoms with Crippen LogP contribution in [0.15, 0.2) is 47.3 Å². The molecule has 1 fully saturated rings. The Hall–Kier alpha value is -3.62. The Morgan fingerprint density at radius 2 is 2.03 bits per heavy atom. The highest BCUT2D eigenvalue weighted by molar-refractivity contribution is 5.92. The lowest BCUT2D eigenvalue weighted by Crippen LogP contribution is -2.38. The number of carbonyl (C=O) groups is 1. The molecule has 0 saturated carbocycles. The first-order chi connectivity index (χ1) is 14.2. The normalized spacial score (nSPS) is 15.1. The smallest absolute Gasteiger partial charge is 0.275 e. The Morgan fingerprint density at radius 1 is 1.17 bits per heavy atom. The highest BCUT2D eigenvalue weighted by Crippen LogP contribution is 2.28. The third kappa shape index (κ3) is 3.24. The van der Waals surface area contributed by atoms with E-state index < -0.39 is 0 Å². The number of nitrogens with zero attached hydrogens (tertiary/aromatic N) is 7. The number of fused-ring (bicyclic) bond motifs is 1. The van der Waals surface area contributed by atoms with E-state index in [1.54, 1.807) is 19.3 Å². The largest absolute Gasteiger partial charge is 0.448 e. The predicted octanol–water partition coefficient (Wildman–Crippen LogP) is 2.50. The number of rotatable bonds is 3. The average molecular weight is 389 g/mol. The van der Waals surface area contributed by atoms with Gasteiger partial charge in [-0.15, -0.1) is 10.2 Å². The maximum absolute atomic E-state index is 12.6. The van der Waals surface area contributed by atoms with E-state index in [0.717, 1.165) is 29.9 Å². The third-order valence-electron chi connectivity index (χ3n) is 5.23. The van der Waals surface area contributed by atoms with Crippen LogP contribution in [-0.2, 0) is 0 Å². The number of piperidine rings is 1. The number of hydrogen-bond donors (Lipinski definition) is 0. The fourth-order valence-electron chi connectivity index (χ4n) is 3.69. The van der Waals surface area contributed by atoms with Crippen molar-refractivity contribution in [3.8, 4) is 11.3 Å². The fourth-order valence-corrected chi connectivity index (χ4v) is 3.69. The van der Waals surface area contributed by atoms with Gasteiger partial charge in [-0.3, -0.25) is 9.78 Å². The van der Waals surface area contributed by atoms with Crippen molar-refractivity contribution >= 4 is 11.6 Å². The molecule has 1 saturated heterocycles. The molecule has 1 amide bonds. The zero-order valence-electron chi connectivity index (χ0n) is 15.9. The SMILES string of the molecule is Cc1nc(C(=O)N2CCC(c3nnc4ccc(-c5cccnc5)nn34)CC2)co1. The predicted molar refractivity (Wildman–Crippen MR) is 103 cm³/mol. The lowest BCUT2D eigenvalue weighted by Gasteiger charge is -2.30. The standard InChI is InChI=1S/C20H19N7O2/c1-13-22-17(12-29-13)20(28)26-9-6-14(7-10-26)19-24-23-18-5-4-16(25-27(18)19)15-3-2-8-21-11-15/h2-5,8,11-12,14H,6-7,9-10H2,1H3. The van der Waals surface area contributed by atoms with Crippen LogP contribution >= 0.6 is 0 Å². The van der Waals surface area contributed by atoms with Crippen LogP contribution in [0.4, 0.5) is 0 Å². The Balaban J connectivity index is 1.36. The zero-order chi connectivity index (χ0) is 19.8. The quantitative estimate of drug-likeness (QED) is 0.530. The summed E-state index contributed by atoms with van der Waals surface area (Å²) in [6.45, 7) is 2.99. The van der Waals surface area contributed by atoms with Crippen LogP contribution in [0, 0.1) is 6.92 Å². The van der Waals surface area contributed by atoms with E-state index in [4.69, 9.17) is 9.52 Å². The van der Waals surface area contributed by atoms with Gasteiger partial charge in [0.2, 0.25) is 0 Å². The molecule has 29 heavy (non-hydrogen) atoms. The van der Waals surface area contributed by atoms with Gasteiger partial charge in [0, 0.05) is 43.9 Å². The molecule has 0 radical (unpaired) electrons. The summed E-state index contributed by atoms with van der Waals surface area (Å²) < 4.78 is 6.97. The van der Waals surface area contributed by atoms with E-state index in [0.29, 0.717) is 30.3 Å². The van der Waals surface area contributed by atoms with Crippen molar-refractivity contribution in [3.63, 3.8) is 0 Å². The Labute approximate surface area is 166 Å². The molecule has 0 aromatic carbocycles. The first-order valence-electron chi connectivity index (χ1n) is 9.53. The number of hydrogen-bond acceptors (Lipinski definition) is 7. The fraction of sp³-hybridized carbons (Fsp3) is 0.300. The maximum Gasteiger partial charge on any atom is 0.275 e. The van der Waals surface area contributed by atoms with E-state index >= 15 is 0 Å². The molecule has 0 N–H and O–H groups in total. The van der Waals surface area contributed by atoms with E-state index in [1.807, 2.05) is 33.7 Å². The molecule has 146 valence electrons. The van der Waals surface area contributed by atoms with Gasteiger partial charge in [0.1, 0.15) is 6.26 Å². The second-order valence-electron chi connectivity index (χ2n) is 7.11. The summed E-state index contributed by atoms with van der Waals surface area (Å²) in [6, 6.07) is 7.70. The molecule has 9 heteroatoms. The topological polar surface area (TPSA) is 102 Å². The molecule has 4 aromatic rings. The van der Waals surface area contributed by atoms with Crippen LogP contribution in [0.3, 0.4) is 0 Å². The van der Waals surface area contributed by atoms with Crippen molar-refractivity contribution in [2.45, 2.75) is 25.7 Å². The number of carbonyl (C=O) groups excluding carboxylic acids is 1. The molecule has 0 bridgehead atoms. The Bertz CT molecular complexity index is 1160. The van der Waals surface area contributed by atoms with E-state index in [9.17, 15) is 4.79 Å². The van der Waals surface area contributed by atoms with E-state index in [1.165, 1.54) is 6.26 Å². The van der Waals surface area contributed by atoms with Crippen molar-refractivity contribution < 1.29 is 9.21 Å². The first-order valence-corrected chi connectivity index (χ1v) is 9.53. The van der Waals surface area contributed by atoms with Crippen LogP contribution in [0.5, 0.6) is 0 Å². The van der Waals surface area contributed by atoms with Gasteiger partial charge in [0.15, 0.2) is 23.1 Å². The van der Waals surface area contributed by atoms with Gasteiger partial charge in [0.05, 0.1) is 5.69 Å². The van der Waals surface area contributed by atoms with Crippen LogP contribution in [0.25, 0.3) is 16.9 Å². The van der Waals surface area contributed by atoms with Crippen LogP contribution < -0.4 is 0 Å². The van der Waals surface area contributed by atoms with E-state index in [-0.39, 0.29) is 11.8 Å². The third-order valence-corrected chi connectivity index (χ3v) is 5.23. The average Bonchev–Trinajstić information content (AvgIpc) is 3.40. The number of pyridine rings is 1. The number of likely N-dealkylation sites (tertiary alicyclic amines) is 1. The summed E-state index contributed by atoms with van der Waals surface area (Å²) in [5.74, 6) is 1.41. The molecule has 1 aliphatic rings. The number of amides is 1. The lowest BCUT2D eigenvalue weighted by molar-refractivity contribution is 0.0704. The van der Waals surface area contributed by atoms with Gasteiger partial charge >= 0.3 is 0 Å². The summed E-state index contributed by atoms with van der Waals surface area (Å²) >= 11 is 0. The molecule has 5 rings (SSSR count). The van der Waals surface area contributed by atoms with E-state index in [2.05, 4.69) is 20.2 Å². The molecule has 0 atom stereocenters. The molecular weight excluding hydrogens is 370 g/mol. The van der Waals surface area contributed by atoms with Crippen LogP contribution in [0.2, 0.25) is 0 Å². The molecule has 1 aliphatic heterocycles. The Kier molecular flexibility index (Phi) is 4.27. The highest BCUT2D eigenvalue weighted by Gasteiger charge is 2.29. The second-order valence-corrected chi connectivity index (χ2v) is 7.11. The molecule has 9 nitrogen and oxygen atoms in total. The van der Waals surface area contributed by atoms with Crippen LogP contribution in [0.1, 0.15) is 41.0 Å². The minimum absolute atomic E-state index is 0.0941. The first kappa shape index (κ1) is 17.5. The molecule has 4 aromatic heterocycles. The lowest BCUT2D eigenvalue weighted by atomic mass is 9.96. The number of aromatic nitrogens is 6. The van der Waals surface area contributed by atoms with Gasteiger partial charge in [-0.1, -0.05) is 0 Å². The summed E-state index contributed by atoms with van der Waals surface area (Å²) in [7, 11) is 0. The summed E-state index contributed by atoms with van der Waals surface area (Å²) in [4.78, 5) is 22.7. The summed E-state index contributed by atoms with van der Waals surface area (Å²) in [5.41, 5.74) is 2.83. The van der Waals surface area contributed by atoms with Gasteiger partial charge < -0.3 is 9.32 Å². The Morgan fingerprint density at radius 3 is 2.76 bits per heavy atom. The van der Waals surface area contributed by atoms with Crippen LogP contribution in [-0.4, -0.2) is 53.7 Å². The van der Waals surface area contributed by atoms with Gasteiger partial charge in [-0.05, 0) is 37.1 Å². The van der Waals surface area contributed by atoms with Crippen molar-refractivity contribution in [1.82, 2.24) is 34.7 Å². The van der Waals surface area contributed by atoms with Gasteiger partial charge in [0.25, 0.3) is 5.91 Å². The summed E-state index contributed by atoms with van der Waals surface area (Å²) in [5, 5.41) is 13.4. The second kappa shape index (κ2) is 7.08. The maximum atomic E-state index is 12.6. The minimum Gasteiger partial charge on any atom is -0.448 e. The number of oxazole rings is 1. The number of aryl methyl sites for hydroxylation is 1.